The normalized spacial score (nSPS) is 15.3. The average molecular weight is 394 g/mol. The quantitative estimate of drug-likeness (QED) is 0.794. The molecule has 6 heteroatoms. The molecule has 0 saturated carbocycles. The first-order valence-electron chi connectivity index (χ1n) is 9.72. The van der Waals surface area contributed by atoms with Gasteiger partial charge in [0.2, 0.25) is 5.91 Å². The number of aryl methyl sites for hydroxylation is 1. The van der Waals surface area contributed by atoms with Crippen LogP contribution in [0.3, 0.4) is 0 Å². The van der Waals surface area contributed by atoms with E-state index >= 15 is 0 Å². The molecule has 0 bridgehead atoms. The molecule has 29 heavy (non-hydrogen) atoms. The SMILES string of the molecule is CCOC(=O)c1ccc(C(=O)Nc2ccc3c(c2)CCC(C)(C)C(=O)N3C)cc1. The highest BCUT2D eigenvalue weighted by Crippen LogP contribution is 2.36. The summed E-state index contributed by atoms with van der Waals surface area (Å²) in [5.74, 6) is -0.583. The lowest BCUT2D eigenvalue weighted by Crippen LogP contribution is -2.37. The van der Waals surface area contributed by atoms with E-state index < -0.39 is 11.4 Å². The minimum Gasteiger partial charge on any atom is -0.462 e. The van der Waals surface area contributed by atoms with E-state index in [1.54, 1.807) is 49.2 Å². The lowest BCUT2D eigenvalue weighted by molar-refractivity contribution is -0.126. The molecule has 6 nitrogen and oxygen atoms in total. The number of carbonyl (C=O) groups excluding carboxylic acids is 3. The van der Waals surface area contributed by atoms with Crippen molar-refractivity contribution < 1.29 is 19.1 Å². The van der Waals surface area contributed by atoms with Crippen LogP contribution in [-0.2, 0) is 16.0 Å². The van der Waals surface area contributed by atoms with Gasteiger partial charge < -0.3 is 15.0 Å². The van der Waals surface area contributed by atoms with Crippen molar-refractivity contribution >= 4 is 29.2 Å². The molecular weight excluding hydrogens is 368 g/mol. The highest BCUT2D eigenvalue weighted by molar-refractivity contribution is 6.05. The van der Waals surface area contributed by atoms with Gasteiger partial charge in [-0.3, -0.25) is 9.59 Å². The molecular formula is C23H26N2O4. The number of nitrogens with zero attached hydrogens (tertiary/aromatic N) is 1. The van der Waals surface area contributed by atoms with E-state index in [2.05, 4.69) is 5.32 Å². The van der Waals surface area contributed by atoms with Crippen molar-refractivity contribution in [3.63, 3.8) is 0 Å². The molecule has 3 rings (SSSR count). The number of amides is 2. The fraction of sp³-hybridized carbons (Fsp3) is 0.348. The fourth-order valence-corrected chi connectivity index (χ4v) is 3.48. The first kappa shape index (κ1) is 20.6. The van der Waals surface area contributed by atoms with Gasteiger partial charge in [0.05, 0.1) is 12.2 Å². The average Bonchev–Trinajstić information content (AvgIpc) is 2.79. The number of nitrogens with one attached hydrogen (secondary N) is 1. The molecule has 152 valence electrons. The second-order valence-electron chi connectivity index (χ2n) is 7.84. The van der Waals surface area contributed by atoms with E-state index in [4.69, 9.17) is 4.74 Å². The molecule has 0 atom stereocenters. The van der Waals surface area contributed by atoms with Crippen molar-refractivity contribution in [3.05, 3.63) is 59.2 Å². The Morgan fingerprint density at radius 1 is 1.10 bits per heavy atom. The lowest BCUT2D eigenvalue weighted by Gasteiger charge is -2.26. The third-order valence-electron chi connectivity index (χ3n) is 5.26. The summed E-state index contributed by atoms with van der Waals surface area (Å²) in [7, 11) is 1.79. The van der Waals surface area contributed by atoms with Crippen molar-refractivity contribution in [1.29, 1.82) is 0 Å². The monoisotopic (exact) mass is 394 g/mol. The predicted octanol–water partition coefficient (Wildman–Crippen LogP) is 4.05. The van der Waals surface area contributed by atoms with Crippen molar-refractivity contribution in [3.8, 4) is 0 Å². The van der Waals surface area contributed by atoms with Gasteiger partial charge in [-0.15, -0.1) is 0 Å². The molecule has 1 aliphatic rings. The molecule has 0 unspecified atom stereocenters. The van der Waals surface area contributed by atoms with Crippen LogP contribution in [0.25, 0.3) is 0 Å². The van der Waals surface area contributed by atoms with Gasteiger partial charge in [0.1, 0.15) is 0 Å². The van der Waals surface area contributed by atoms with Gasteiger partial charge in [-0.05, 0) is 67.8 Å². The van der Waals surface area contributed by atoms with Gasteiger partial charge in [0.15, 0.2) is 0 Å². The number of esters is 1. The molecule has 0 spiro atoms. The summed E-state index contributed by atoms with van der Waals surface area (Å²) in [5.41, 5.74) is 3.01. The standard InChI is InChI=1S/C23H26N2O4/c1-5-29-21(27)16-8-6-15(7-9-16)20(26)24-18-10-11-19-17(14-18)12-13-23(2,3)22(28)25(19)4/h6-11,14H,5,12-13H2,1-4H3,(H,24,26). The van der Waals surface area contributed by atoms with Gasteiger partial charge in [-0.25, -0.2) is 4.79 Å². The summed E-state index contributed by atoms with van der Waals surface area (Å²) in [4.78, 5) is 38.6. The number of hydrogen-bond donors (Lipinski definition) is 1. The van der Waals surface area contributed by atoms with Gasteiger partial charge in [-0.2, -0.15) is 0 Å². The summed E-state index contributed by atoms with van der Waals surface area (Å²) in [6.07, 6.45) is 1.51. The summed E-state index contributed by atoms with van der Waals surface area (Å²) >= 11 is 0. The predicted molar refractivity (Wildman–Crippen MR) is 112 cm³/mol. The maximum atomic E-state index is 12.6. The third kappa shape index (κ3) is 4.31. The Morgan fingerprint density at radius 2 is 1.76 bits per heavy atom. The maximum absolute atomic E-state index is 12.6. The van der Waals surface area contributed by atoms with Crippen LogP contribution in [0.1, 0.15) is 53.5 Å². The molecule has 1 aliphatic heterocycles. The topological polar surface area (TPSA) is 75.7 Å². The molecule has 0 saturated heterocycles. The van der Waals surface area contributed by atoms with Gasteiger partial charge in [-0.1, -0.05) is 13.8 Å². The number of fused-ring (bicyclic) bond motifs is 1. The molecule has 2 aromatic carbocycles. The molecule has 1 N–H and O–H groups in total. The van der Waals surface area contributed by atoms with Crippen molar-refractivity contribution in [2.24, 2.45) is 5.41 Å². The second kappa shape index (κ2) is 8.07. The van der Waals surface area contributed by atoms with Crippen molar-refractivity contribution in [2.75, 3.05) is 23.9 Å². The van der Waals surface area contributed by atoms with Crippen LogP contribution in [0.15, 0.2) is 42.5 Å². The van der Waals surface area contributed by atoms with Crippen molar-refractivity contribution in [2.45, 2.75) is 33.6 Å². The van der Waals surface area contributed by atoms with E-state index in [0.29, 0.717) is 23.4 Å². The highest BCUT2D eigenvalue weighted by atomic mass is 16.5. The first-order valence-corrected chi connectivity index (χ1v) is 9.72. The van der Waals surface area contributed by atoms with Gasteiger partial charge in [0.25, 0.3) is 5.91 Å². The van der Waals surface area contributed by atoms with Crippen LogP contribution in [0.4, 0.5) is 11.4 Å². The number of ether oxygens (including phenoxy) is 1. The largest absolute Gasteiger partial charge is 0.462 e. The third-order valence-corrected chi connectivity index (χ3v) is 5.26. The number of hydrogen-bond acceptors (Lipinski definition) is 4. The molecule has 2 aromatic rings. The Bertz CT molecular complexity index is 948. The van der Waals surface area contributed by atoms with Crippen molar-refractivity contribution in [1.82, 2.24) is 0 Å². The van der Waals surface area contributed by atoms with Gasteiger partial charge in [0, 0.05) is 29.4 Å². The fourth-order valence-electron chi connectivity index (χ4n) is 3.48. The smallest absolute Gasteiger partial charge is 0.338 e. The Morgan fingerprint density at radius 3 is 2.41 bits per heavy atom. The maximum Gasteiger partial charge on any atom is 0.338 e. The number of anilines is 2. The zero-order valence-corrected chi connectivity index (χ0v) is 17.2. The molecule has 0 fully saturated rings. The van der Waals surface area contributed by atoms with Crippen LogP contribution in [0, 0.1) is 5.41 Å². The Kier molecular flexibility index (Phi) is 5.73. The van der Waals surface area contributed by atoms with E-state index in [9.17, 15) is 14.4 Å². The Labute approximate surface area is 170 Å². The molecule has 0 radical (unpaired) electrons. The molecule has 1 heterocycles. The zero-order valence-electron chi connectivity index (χ0n) is 17.2. The molecule has 0 aliphatic carbocycles. The minimum absolute atomic E-state index is 0.0923. The molecule has 2 amide bonds. The van der Waals surface area contributed by atoms with E-state index in [0.717, 1.165) is 24.1 Å². The summed E-state index contributed by atoms with van der Waals surface area (Å²) in [6.45, 7) is 5.97. The summed E-state index contributed by atoms with van der Waals surface area (Å²) < 4.78 is 4.95. The molecule has 0 aromatic heterocycles. The first-order chi connectivity index (χ1) is 13.7. The minimum atomic E-state index is -0.419. The van der Waals surface area contributed by atoms with Crippen LogP contribution in [0.2, 0.25) is 0 Å². The number of carbonyl (C=O) groups is 3. The van der Waals surface area contributed by atoms with Gasteiger partial charge >= 0.3 is 5.97 Å². The van der Waals surface area contributed by atoms with Crippen LogP contribution in [-0.4, -0.2) is 31.4 Å². The van der Waals surface area contributed by atoms with Crippen LogP contribution in [0.5, 0.6) is 0 Å². The van der Waals surface area contributed by atoms with E-state index in [1.165, 1.54) is 0 Å². The summed E-state index contributed by atoms with van der Waals surface area (Å²) in [5, 5.41) is 2.89. The Balaban J connectivity index is 1.76. The Hall–Kier alpha value is -3.15. The summed E-state index contributed by atoms with van der Waals surface area (Å²) in [6, 6.07) is 11.9. The van der Waals surface area contributed by atoms with E-state index in [-0.39, 0.29) is 11.8 Å². The highest BCUT2D eigenvalue weighted by Gasteiger charge is 2.34. The van der Waals surface area contributed by atoms with E-state index in [1.807, 2.05) is 26.0 Å². The number of benzene rings is 2. The zero-order chi connectivity index (χ0) is 21.2. The lowest BCUT2D eigenvalue weighted by atomic mass is 9.86. The van der Waals surface area contributed by atoms with Crippen LogP contribution < -0.4 is 10.2 Å². The number of rotatable bonds is 4. The van der Waals surface area contributed by atoms with Crippen LogP contribution >= 0.6 is 0 Å². The second-order valence-corrected chi connectivity index (χ2v) is 7.84.